The second kappa shape index (κ2) is 18.2. The van der Waals surface area contributed by atoms with Crippen LogP contribution in [0.15, 0.2) is 79.3 Å². The van der Waals surface area contributed by atoms with Gasteiger partial charge in [0.15, 0.2) is 5.78 Å². The molecule has 1 unspecified atom stereocenters. The maximum Gasteiger partial charge on any atom is 0.320 e. The maximum absolute atomic E-state index is 14.0. The smallest absolute Gasteiger partial charge is 0.320 e. The Morgan fingerprint density at radius 2 is 1.58 bits per heavy atom. The van der Waals surface area contributed by atoms with Gasteiger partial charge in [0.05, 0.1) is 27.1 Å². The zero-order chi connectivity index (χ0) is 45.5. The summed E-state index contributed by atoms with van der Waals surface area (Å²) in [7, 11) is 0. The van der Waals surface area contributed by atoms with Gasteiger partial charge >= 0.3 is 6.03 Å². The minimum Gasteiger partial charge on any atom is -0.457 e. The van der Waals surface area contributed by atoms with Crippen LogP contribution in [0.25, 0.3) is 11.0 Å². The molecule has 66 heavy (non-hydrogen) atoms. The second-order valence-corrected chi connectivity index (χ2v) is 18.0. The number of carbonyl (C=O) groups excluding carboxylic acids is 6. The molecule has 5 aliphatic rings. The normalized spacial score (nSPS) is 20.7. The number of aromatic nitrogens is 3. The molecule has 0 bridgehead atoms. The number of anilines is 2. The number of benzene rings is 3. The monoisotopic (exact) mass is 912 g/mol. The number of ether oxygens (including phenoxy) is 1. The van der Waals surface area contributed by atoms with Crippen molar-refractivity contribution in [1.82, 2.24) is 39.9 Å². The summed E-state index contributed by atoms with van der Waals surface area (Å²) in [6, 6.07) is 18.6. The van der Waals surface area contributed by atoms with Gasteiger partial charge in [0.2, 0.25) is 11.8 Å². The number of piperidine rings is 3. The lowest BCUT2D eigenvalue weighted by molar-refractivity contribution is -0.136. The Labute approximate surface area is 385 Å². The van der Waals surface area contributed by atoms with Gasteiger partial charge in [-0.05, 0) is 80.5 Å². The number of urea groups is 1. The molecule has 18 heteroatoms. The fourth-order valence-electron chi connectivity index (χ4n) is 9.94. The van der Waals surface area contributed by atoms with Crippen LogP contribution in [0, 0.1) is 5.92 Å². The van der Waals surface area contributed by atoms with Crippen molar-refractivity contribution in [3.8, 4) is 11.5 Å². The third kappa shape index (κ3) is 8.55. The molecule has 340 valence electrons. The number of amides is 6. The summed E-state index contributed by atoms with van der Waals surface area (Å²) in [5, 5.41) is 6.61. The highest BCUT2D eigenvalue weighted by molar-refractivity contribution is 6.36. The zero-order valence-corrected chi connectivity index (χ0v) is 37.0. The van der Waals surface area contributed by atoms with E-state index in [1.807, 2.05) is 46.2 Å². The molecule has 0 saturated carbocycles. The van der Waals surface area contributed by atoms with Crippen LogP contribution in [0.1, 0.15) is 75.2 Å². The van der Waals surface area contributed by atoms with Crippen molar-refractivity contribution in [2.24, 2.45) is 5.92 Å². The van der Waals surface area contributed by atoms with Gasteiger partial charge in [0.25, 0.3) is 11.8 Å². The molecule has 7 heterocycles. The molecule has 4 saturated heterocycles. The van der Waals surface area contributed by atoms with Gasteiger partial charge in [-0.2, -0.15) is 0 Å². The molecule has 5 aliphatic heterocycles. The van der Waals surface area contributed by atoms with Crippen molar-refractivity contribution in [1.29, 1.82) is 0 Å². The molecule has 0 radical (unpaired) electrons. The minimum atomic E-state index is -0.992. The summed E-state index contributed by atoms with van der Waals surface area (Å²) in [6.45, 7) is 6.71. The molecule has 2 aromatic heterocycles. The number of halogens is 1. The van der Waals surface area contributed by atoms with E-state index in [0.717, 1.165) is 69.0 Å². The molecule has 0 aliphatic carbocycles. The predicted molar refractivity (Wildman–Crippen MR) is 245 cm³/mol. The van der Waals surface area contributed by atoms with Crippen molar-refractivity contribution in [2.45, 2.75) is 50.6 Å². The number of carbonyl (C=O) groups is 6. The van der Waals surface area contributed by atoms with E-state index in [2.05, 4.69) is 35.4 Å². The minimum absolute atomic E-state index is 0.0444. The largest absolute Gasteiger partial charge is 0.457 e. The Kier molecular flexibility index (Phi) is 11.9. The average Bonchev–Trinajstić information content (AvgIpc) is 3.88. The van der Waals surface area contributed by atoms with Crippen LogP contribution in [-0.4, -0.2) is 141 Å². The molecule has 10 rings (SSSR count). The number of ketones is 1. The number of hydrogen-bond donors (Lipinski definition) is 3. The quantitative estimate of drug-likeness (QED) is 0.117. The van der Waals surface area contributed by atoms with E-state index in [-0.39, 0.29) is 46.8 Å². The Balaban J connectivity index is 0.704. The first-order chi connectivity index (χ1) is 32.1. The summed E-state index contributed by atoms with van der Waals surface area (Å²) < 4.78 is 5.91. The topological polar surface area (TPSA) is 193 Å². The third-order valence-electron chi connectivity index (χ3n) is 13.5. The lowest BCUT2D eigenvalue weighted by Gasteiger charge is -2.41. The molecule has 6 amide bonds. The van der Waals surface area contributed by atoms with Crippen LogP contribution in [0.4, 0.5) is 16.3 Å². The van der Waals surface area contributed by atoms with E-state index in [4.69, 9.17) is 16.3 Å². The summed E-state index contributed by atoms with van der Waals surface area (Å²) in [5.41, 5.74) is 2.64. The van der Waals surface area contributed by atoms with Crippen molar-refractivity contribution in [2.75, 3.05) is 69.1 Å². The fourth-order valence-corrected chi connectivity index (χ4v) is 10.2. The Bertz CT molecular complexity index is 2730. The predicted octanol–water partition coefficient (Wildman–Crippen LogP) is 5.57. The molecule has 4 fully saturated rings. The SMILES string of the molecule is O=C1CCC(N2C(=O)c3ccc(N4CCN(CC5CCN(C(=O)N6CCC[C@@H](Nc7ncnc8[nH]cc(C(=O)c9ccc(Oc%10ccccc%10)cc9Cl)c78)C6)CC5)CC4)cc3C2=O)C(=O)N1. The van der Waals surface area contributed by atoms with E-state index in [1.165, 1.54) is 6.33 Å². The summed E-state index contributed by atoms with van der Waals surface area (Å²) in [4.78, 5) is 100. The van der Waals surface area contributed by atoms with Crippen LogP contribution < -0.4 is 20.3 Å². The van der Waals surface area contributed by atoms with E-state index < -0.39 is 29.7 Å². The molecule has 17 nitrogen and oxygen atoms in total. The van der Waals surface area contributed by atoms with Crippen molar-refractivity contribution in [3.63, 3.8) is 0 Å². The lowest BCUT2D eigenvalue weighted by Crippen LogP contribution is -2.54. The maximum atomic E-state index is 14.0. The van der Waals surface area contributed by atoms with Gasteiger partial charge in [-0.25, -0.2) is 14.8 Å². The first-order valence-electron chi connectivity index (χ1n) is 22.6. The highest BCUT2D eigenvalue weighted by Crippen LogP contribution is 2.34. The Hall–Kier alpha value is -6.85. The van der Waals surface area contributed by atoms with Gasteiger partial charge < -0.3 is 29.7 Å². The Morgan fingerprint density at radius 3 is 2.35 bits per heavy atom. The fraction of sp³-hybridized carbons (Fsp3) is 0.375. The standard InChI is InChI=1S/C48H49ClN10O7/c49-38-24-33(66-32-6-2-1-3-7-32)9-11-35(38)42(61)37-25-50-43-41(37)44(52-28-51-43)53-30-5-4-16-58(27-30)48(65)57-17-14-29(15-18-57)26-55-19-21-56(22-20-55)31-8-10-34-36(23-31)47(64)59(46(34)63)39-12-13-40(60)54-45(39)62/h1-3,6-11,23-25,28-30,39H,4-5,12-22,26-27H2,(H,54,60,62)(H2,50,51,52,53)/t30-,39?/m1/s1. The van der Waals surface area contributed by atoms with E-state index in [1.54, 1.807) is 36.5 Å². The molecular formula is C48H49ClN10O7. The number of para-hydroxylation sites is 1. The average molecular weight is 913 g/mol. The van der Waals surface area contributed by atoms with Crippen molar-refractivity contribution < 1.29 is 33.5 Å². The van der Waals surface area contributed by atoms with Gasteiger partial charge in [-0.15, -0.1) is 0 Å². The van der Waals surface area contributed by atoms with Crippen molar-refractivity contribution in [3.05, 3.63) is 107 Å². The number of imide groups is 2. The molecule has 5 aromatic rings. The van der Waals surface area contributed by atoms with Crippen LogP contribution >= 0.6 is 11.6 Å². The molecule has 2 atom stereocenters. The molecule has 3 aromatic carbocycles. The first kappa shape index (κ1) is 43.1. The highest BCUT2D eigenvalue weighted by atomic mass is 35.5. The Morgan fingerprint density at radius 1 is 0.788 bits per heavy atom. The van der Waals surface area contributed by atoms with Crippen LogP contribution in [-0.2, 0) is 9.59 Å². The number of hydrogen-bond acceptors (Lipinski definition) is 12. The van der Waals surface area contributed by atoms with Gasteiger partial charge in [0.1, 0.15) is 35.3 Å². The van der Waals surface area contributed by atoms with Crippen molar-refractivity contribution >= 4 is 69.6 Å². The summed E-state index contributed by atoms with van der Waals surface area (Å²) in [5.74, 6) is -0.159. The lowest BCUT2D eigenvalue weighted by atomic mass is 9.96. The molecular weight excluding hydrogens is 864 g/mol. The van der Waals surface area contributed by atoms with Crippen LogP contribution in [0.5, 0.6) is 11.5 Å². The van der Waals surface area contributed by atoms with E-state index >= 15 is 0 Å². The number of likely N-dealkylation sites (tertiary alicyclic amines) is 2. The number of aromatic amines is 1. The van der Waals surface area contributed by atoms with E-state index in [0.29, 0.717) is 71.6 Å². The number of H-pyrrole nitrogens is 1. The molecule has 3 N–H and O–H groups in total. The highest BCUT2D eigenvalue weighted by Gasteiger charge is 2.45. The summed E-state index contributed by atoms with van der Waals surface area (Å²) in [6.07, 6.45) is 6.78. The van der Waals surface area contributed by atoms with Gasteiger partial charge in [-0.3, -0.25) is 39.1 Å². The van der Waals surface area contributed by atoms with Crippen LogP contribution in [0.2, 0.25) is 5.02 Å². The second-order valence-electron chi connectivity index (χ2n) is 17.6. The molecule has 0 spiro atoms. The first-order valence-corrected chi connectivity index (χ1v) is 23.0. The zero-order valence-electron chi connectivity index (χ0n) is 36.2. The number of nitrogens with zero attached hydrogens (tertiary/aromatic N) is 7. The third-order valence-corrected chi connectivity index (χ3v) is 13.8. The van der Waals surface area contributed by atoms with E-state index in [9.17, 15) is 28.8 Å². The van der Waals surface area contributed by atoms with Gasteiger partial charge in [0, 0.05) is 94.9 Å². The summed E-state index contributed by atoms with van der Waals surface area (Å²) >= 11 is 6.65. The number of fused-ring (bicyclic) bond motifs is 2. The number of piperazine rings is 1. The number of nitrogens with one attached hydrogen (secondary N) is 3. The number of rotatable bonds is 10. The van der Waals surface area contributed by atoms with Gasteiger partial charge in [-0.1, -0.05) is 29.8 Å². The van der Waals surface area contributed by atoms with Crippen LogP contribution in [0.3, 0.4) is 0 Å².